The molecule has 14 heavy (non-hydrogen) atoms. The van der Waals surface area contributed by atoms with Crippen molar-refractivity contribution in [2.24, 2.45) is 0 Å². The first-order chi connectivity index (χ1) is 6.42. The standard InChI is InChI=1S/C7H5BrF3NO2/c8-3-4-5(13)1-2-6(12-4)14-7(9,10)11/h1-2,13H,3H2. The van der Waals surface area contributed by atoms with Crippen molar-refractivity contribution in [2.75, 3.05) is 0 Å². The topological polar surface area (TPSA) is 42.4 Å². The lowest BCUT2D eigenvalue weighted by atomic mass is 10.3. The van der Waals surface area contributed by atoms with E-state index in [0.29, 0.717) is 0 Å². The molecule has 1 N–H and O–H groups in total. The molecular weight excluding hydrogens is 267 g/mol. The number of hydrogen-bond donors (Lipinski definition) is 1. The molecule has 0 saturated heterocycles. The molecule has 1 aromatic heterocycles. The van der Waals surface area contributed by atoms with Crippen LogP contribution < -0.4 is 4.74 Å². The number of halogens is 4. The van der Waals surface area contributed by atoms with Crippen LogP contribution >= 0.6 is 15.9 Å². The van der Waals surface area contributed by atoms with Crippen LogP contribution in [0.3, 0.4) is 0 Å². The fourth-order valence-electron chi connectivity index (χ4n) is 0.748. The molecule has 0 spiro atoms. The summed E-state index contributed by atoms with van der Waals surface area (Å²) in [5.74, 6) is -0.777. The van der Waals surface area contributed by atoms with Crippen molar-refractivity contribution in [2.45, 2.75) is 11.7 Å². The van der Waals surface area contributed by atoms with Crippen LogP contribution in [0.4, 0.5) is 13.2 Å². The molecule has 78 valence electrons. The number of rotatable bonds is 2. The van der Waals surface area contributed by atoms with E-state index in [1.54, 1.807) is 0 Å². The Kier molecular flexibility index (Phi) is 3.20. The SMILES string of the molecule is Oc1ccc(OC(F)(F)F)nc1CBr. The molecule has 1 heterocycles. The van der Waals surface area contributed by atoms with Crippen LogP contribution in [0, 0.1) is 0 Å². The van der Waals surface area contributed by atoms with Crippen molar-refractivity contribution >= 4 is 15.9 Å². The molecule has 3 nitrogen and oxygen atoms in total. The van der Waals surface area contributed by atoms with Gasteiger partial charge in [0.2, 0.25) is 5.88 Å². The van der Waals surface area contributed by atoms with Gasteiger partial charge in [-0.05, 0) is 6.07 Å². The zero-order valence-electron chi connectivity index (χ0n) is 6.68. The summed E-state index contributed by atoms with van der Waals surface area (Å²) >= 11 is 2.96. The molecule has 1 aromatic rings. The van der Waals surface area contributed by atoms with Crippen LogP contribution in [0.1, 0.15) is 5.69 Å². The highest BCUT2D eigenvalue weighted by Gasteiger charge is 2.31. The van der Waals surface area contributed by atoms with Crippen LogP contribution in [0.25, 0.3) is 0 Å². The molecule has 0 atom stereocenters. The second kappa shape index (κ2) is 4.04. The van der Waals surface area contributed by atoms with Crippen LogP contribution in [-0.2, 0) is 5.33 Å². The number of aromatic nitrogens is 1. The van der Waals surface area contributed by atoms with Gasteiger partial charge < -0.3 is 9.84 Å². The largest absolute Gasteiger partial charge is 0.574 e. The maximum absolute atomic E-state index is 11.7. The maximum atomic E-state index is 11.7. The molecule has 0 radical (unpaired) electrons. The van der Waals surface area contributed by atoms with Gasteiger partial charge in [0.1, 0.15) is 5.75 Å². The predicted octanol–water partition coefficient (Wildman–Crippen LogP) is 2.58. The Morgan fingerprint density at radius 1 is 1.43 bits per heavy atom. The fraction of sp³-hybridized carbons (Fsp3) is 0.286. The Bertz CT molecular complexity index is 329. The van der Waals surface area contributed by atoms with Crippen molar-refractivity contribution < 1.29 is 23.0 Å². The molecule has 0 saturated carbocycles. The number of nitrogens with zero attached hydrogens (tertiary/aromatic N) is 1. The number of ether oxygens (including phenoxy) is 1. The third-order valence-electron chi connectivity index (χ3n) is 1.27. The Hall–Kier alpha value is -0.980. The minimum absolute atomic E-state index is 0.0896. The average molecular weight is 272 g/mol. The summed E-state index contributed by atoms with van der Waals surface area (Å²) in [5.41, 5.74) is 0.0896. The quantitative estimate of drug-likeness (QED) is 0.841. The lowest BCUT2D eigenvalue weighted by molar-refractivity contribution is -0.276. The van der Waals surface area contributed by atoms with Crippen molar-refractivity contribution in [1.29, 1.82) is 0 Å². The minimum Gasteiger partial charge on any atom is -0.506 e. The molecule has 0 amide bonds. The molecule has 0 aliphatic heterocycles. The second-order valence-corrected chi connectivity index (χ2v) is 2.86. The van der Waals surface area contributed by atoms with E-state index in [-0.39, 0.29) is 16.8 Å². The normalized spacial score (nSPS) is 11.4. The fourth-order valence-corrected chi connectivity index (χ4v) is 1.16. The molecule has 0 unspecified atom stereocenters. The Balaban J connectivity index is 2.90. The Morgan fingerprint density at radius 2 is 2.07 bits per heavy atom. The maximum Gasteiger partial charge on any atom is 0.574 e. The molecule has 0 aliphatic carbocycles. The van der Waals surface area contributed by atoms with Gasteiger partial charge >= 0.3 is 6.36 Å². The lowest BCUT2D eigenvalue weighted by Gasteiger charge is -2.08. The highest BCUT2D eigenvalue weighted by molar-refractivity contribution is 9.08. The number of aromatic hydroxyl groups is 1. The minimum atomic E-state index is -4.77. The number of pyridine rings is 1. The highest BCUT2D eigenvalue weighted by Crippen LogP contribution is 2.25. The predicted molar refractivity (Wildman–Crippen MR) is 45.2 cm³/mol. The highest BCUT2D eigenvalue weighted by atomic mass is 79.9. The van der Waals surface area contributed by atoms with Crippen molar-refractivity contribution in [3.63, 3.8) is 0 Å². The van der Waals surface area contributed by atoms with Gasteiger partial charge in [-0.3, -0.25) is 0 Å². The first-order valence-corrected chi connectivity index (χ1v) is 4.55. The van der Waals surface area contributed by atoms with Crippen LogP contribution in [-0.4, -0.2) is 16.5 Å². The van der Waals surface area contributed by atoms with E-state index in [1.807, 2.05) is 0 Å². The van der Waals surface area contributed by atoms with Crippen LogP contribution in [0.15, 0.2) is 12.1 Å². The Morgan fingerprint density at radius 3 is 2.57 bits per heavy atom. The lowest BCUT2D eigenvalue weighted by Crippen LogP contribution is -2.18. The van der Waals surface area contributed by atoms with E-state index in [2.05, 4.69) is 25.7 Å². The molecule has 0 fully saturated rings. The summed E-state index contributed by atoms with van der Waals surface area (Å²) < 4.78 is 38.8. The second-order valence-electron chi connectivity index (χ2n) is 2.30. The molecular formula is C7H5BrF3NO2. The zero-order chi connectivity index (χ0) is 10.8. The smallest absolute Gasteiger partial charge is 0.506 e. The Labute approximate surface area is 85.7 Å². The summed E-state index contributed by atoms with van der Waals surface area (Å²) in [4.78, 5) is 3.44. The third-order valence-corrected chi connectivity index (χ3v) is 1.80. The van der Waals surface area contributed by atoms with Gasteiger partial charge in [-0.15, -0.1) is 13.2 Å². The molecule has 0 aromatic carbocycles. The number of alkyl halides is 4. The van der Waals surface area contributed by atoms with Gasteiger partial charge in [-0.1, -0.05) is 15.9 Å². The first kappa shape index (κ1) is 11.1. The van der Waals surface area contributed by atoms with E-state index in [9.17, 15) is 13.2 Å². The van der Waals surface area contributed by atoms with Crippen LogP contribution in [0.5, 0.6) is 11.6 Å². The van der Waals surface area contributed by atoms with E-state index >= 15 is 0 Å². The monoisotopic (exact) mass is 271 g/mol. The van der Waals surface area contributed by atoms with Crippen LogP contribution in [0.2, 0.25) is 0 Å². The average Bonchev–Trinajstić information content (AvgIpc) is 2.06. The summed E-state index contributed by atoms with van der Waals surface area (Å²) in [6.07, 6.45) is -4.77. The molecule has 1 rings (SSSR count). The van der Waals surface area contributed by atoms with Crippen molar-refractivity contribution in [3.8, 4) is 11.6 Å². The van der Waals surface area contributed by atoms with Gasteiger partial charge in [0.05, 0.1) is 5.69 Å². The van der Waals surface area contributed by atoms with Gasteiger partial charge in [-0.2, -0.15) is 0 Å². The van der Waals surface area contributed by atoms with E-state index in [4.69, 9.17) is 5.11 Å². The number of hydrogen-bond acceptors (Lipinski definition) is 3. The molecule has 0 bridgehead atoms. The molecule has 0 aliphatic rings. The first-order valence-electron chi connectivity index (χ1n) is 3.43. The van der Waals surface area contributed by atoms with Crippen molar-refractivity contribution in [1.82, 2.24) is 4.98 Å². The van der Waals surface area contributed by atoms with Gasteiger partial charge in [-0.25, -0.2) is 4.98 Å². The van der Waals surface area contributed by atoms with E-state index in [0.717, 1.165) is 12.1 Å². The summed E-state index contributed by atoms with van der Waals surface area (Å²) in [5, 5.41) is 9.25. The molecule has 7 heteroatoms. The van der Waals surface area contributed by atoms with E-state index < -0.39 is 12.2 Å². The van der Waals surface area contributed by atoms with Crippen molar-refractivity contribution in [3.05, 3.63) is 17.8 Å². The van der Waals surface area contributed by atoms with Gasteiger partial charge in [0.25, 0.3) is 0 Å². The third kappa shape index (κ3) is 3.06. The summed E-state index contributed by atoms with van der Waals surface area (Å²) in [6.45, 7) is 0. The van der Waals surface area contributed by atoms with Gasteiger partial charge in [0, 0.05) is 11.4 Å². The summed E-state index contributed by atoms with van der Waals surface area (Å²) in [7, 11) is 0. The zero-order valence-corrected chi connectivity index (χ0v) is 8.26. The van der Waals surface area contributed by atoms with E-state index in [1.165, 1.54) is 0 Å². The van der Waals surface area contributed by atoms with Gasteiger partial charge in [0.15, 0.2) is 0 Å². The summed E-state index contributed by atoms with van der Waals surface area (Å²) in [6, 6.07) is 2.03.